The van der Waals surface area contributed by atoms with Gasteiger partial charge in [-0.3, -0.25) is 0 Å². The summed E-state index contributed by atoms with van der Waals surface area (Å²) in [6.45, 7) is 6.08. The molecule has 0 radical (unpaired) electrons. The Labute approximate surface area is 255 Å². The van der Waals surface area contributed by atoms with Crippen LogP contribution >= 0.6 is 11.3 Å². The van der Waals surface area contributed by atoms with E-state index in [1.165, 1.54) is 16.2 Å². The first-order valence-electron chi connectivity index (χ1n) is 13.8. The molecule has 2 amide bonds. The molecule has 0 fully saturated rings. The molecule has 1 atom stereocenters. The molecule has 5 aromatic rings. The fraction of sp³-hybridized carbons (Fsp3) is 0.176. The van der Waals surface area contributed by atoms with Crippen molar-refractivity contribution in [2.45, 2.75) is 31.5 Å². The predicted octanol–water partition coefficient (Wildman–Crippen LogP) is 6.05. The molecular weight excluding hydrogens is 558 g/mol. The van der Waals surface area contributed by atoms with Crippen LogP contribution in [0.2, 0.25) is 0 Å². The van der Waals surface area contributed by atoms with Crippen LogP contribution in [-0.4, -0.2) is 49.6 Å². The van der Waals surface area contributed by atoms with Crippen LogP contribution in [0.25, 0.3) is 5.57 Å². The molecule has 0 aliphatic heterocycles. The van der Waals surface area contributed by atoms with Gasteiger partial charge in [-0.15, -0.1) is 11.3 Å². The second-order valence-electron chi connectivity index (χ2n) is 10.4. The molecule has 5 rings (SSSR count). The highest BCUT2D eigenvalue weighted by Gasteiger charge is 2.38. The molecule has 8 nitrogen and oxygen atoms in total. The number of carboxylic acid groups (broad SMARTS) is 1. The van der Waals surface area contributed by atoms with Crippen molar-refractivity contribution in [3.63, 3.8) is 0 Å². The number of hydrogen-bond acceptors (Lipinski definition) is 5. The van der Waals surface area contributed by atoms with Crippen molar-refractivity contribution in [3.8, 4) is 0 Å². The summed E-state index contributed by atoms with van der Waals surface area (Å²) < 4.78 is 2.03. The SMILES string of the molecule is C=C(C)c1ncc(CN(C)C(=O)N[C@@H](Cc2cn(C(c3ccccc3)(c3ccccc3)c3ccccc3)cn2)C(=O)O)s1. The maximum Gasteiger partial charge on any atom is 0.326 e. The van der Waals surface area contributed by atoms with E-state index in [4.69, 9.17) is 0 Å². The standard InChI is InChI=1S/C34H33N5O3S/c1-24(2)31-35-20-29(43-31)22-38(3)33(42)37-30(32(40)41)19-28-21-39(23-36-28)34(25-13-7-4-8-14-25,26-15-9-5-10-16-26)27-17-11-6-12-18-27/h4-18,20-21,23,30H,1,19,22H2,2-3H3,(H,37,42)(H,40,41)/t30-/m0/s1. The summed E-state index contributed by atoms with van der Waals surface area (Å²) in [5, 5.41) is 13.5. The number of nitrogens with one attached hydrogen (secondary N) is 1. The number of carbonyl (C=O) groups is 2. The number of amides is 2. The summed E-state index contributed by atoms with van der Waals surface area (Å²) in [6.07, 6.45) is 5.32. The van der Waals surface area contributed by atoms with Gasteiger partial charge < -0.3 is 19.9 Å². The lowest BCUT2D eigenvalue weighted by atomic mass is 9.77. The van der Waals surface area contributed by atoms with Crippen molar-refractivity contribution in [3.05, 3.63) is 149 Å². The number of aliphatic carboxylic acids is 1. The highest BCUT2D eigenvalue weighted by atomic mass is 32.1. The van der Waals surface area contributed by atoms with Crippen molar-refractivity contribution < 1.29 is 14.7 Å². The topological polar surface area (TPSA) is 100 Å². The lowest BCUT2D eigenvalue weighted by Gasteiger charge is -2.37. The van der Waals surface area contributed by atoms with Gasteiger partial charge in [-0.1, -0.05) is 97.6 Å². The van der Waals surface area contributed by atoms with Gasteiger partial charge in [0, 0.05) is 30.7 Å². The Morgan fingerprint density at radius 2 is 1.49 bits per heavy atom. The van der Waals surface area contributed by atoms with E-state index in [0.717, 1.165) is 32.1 Å². The van der Waals surface area contributed by atoms with E-state index < -0.39 is 23.6 Å². The number of aromatic nitrogens is 3. The van der Waals surface area contributed by atoms with Gasteiger partial charge in [0.1, 0.15) is 16.6 Å². The number of thiazole rings is 1. The van der Waals surface area contributed by atoms with Crippen LogP contribution < -0.4 is 5.32 Å². The largest absolute Gasteiger partial charge is 0.480 e. The van der Waals surface area contributed by atoms with E-state index in [1.807, 2.05) is 72.3 Å². The minimum Gasteiger partial charge on any atom is -0.480 e. The zero-order valence-corrected chi connectivity index (χ0v) is 24.9. The van der Waals surface area contributed by atoms with Gasteiger partial charge >= 0.3 is 12.0 Å². The summed E-state index contributed by atoms with van der Waals surface area (Å²) in [4.78, 5) is 36.6. The number of carbonyl (C=O) groups excluding carboxylic acids is 1. The Morgan fingerprint density at radius 1 is 0.953 bits per heavy atom. The van der Waals surface area contributed by atoms with E-state index in [1.54, 1.807) is 19.6 Å². The van der Waals surface area contributed by atoms with Crippen LogP contribution in [0.1, 0.15) is 39.2 Å². The van der Waals surface area contributed by atoms with Gasteiger partial charge in [-0.2, -0.15) is 0 Å². The normalized spacial score (nSPS) is 12.0. The average Bonchev–Trinajstić information content (AvgIpc) is 3.69. The second kappa shape index (κ2) is 12.9. The van der Waals surface area contributed by atoms with Crippen LogP contribution in [0.5, 0.6) is 0 Å². The molecule has 3 aromatic carbocycles. The first kappa shape index (κ1) is 29.5. The Balaban J connectivity index is 1.44. The van der Waals surface area contributed by atoms with Crippen molar-refractivity contribution in [1.29, 1.82) is 0 Å². The van der Waals surface area contributed by atoms with Crippen LogP contribution in [0, 0.1) is 0 Å². The van der Waals surface area contributed by atoms with Gasteiger partial charge in [-0.05, 0) is 29.2 Å². The van der Waals surface area contributed by atoms with Crippen LogP contribution in [0.4, 0.5) is 4.79 Å². The van der Waals surface area contributed by atoms with Gasteiger partial charge in [0.05, 0.1) is 18.6 Å². The van der Waals surface area contributed by atoms with E-state index in [0.29, 0.717) is 12.2 Å². The minimum atomic E-state index is -1.18. The second-order valence-corrected chi connectivity index (χ2v) is 11.5. The number of imidazole rings is 1. The van der Waals surface area contributed by atoms with Gasteiger partial charge in [0.2, 0.25) is 0 Å². The summed E-state index contributed by atoms with van der Waals surface area (Å²) >= 11 is 1.45. The van der Waals surface area contributed by atoms with Crippen molar-refractivity contribution in [2.24, 2.45) is 0 Å². The van der Waals surface area contributed by atoms with Gasteiger partial charge in [0.25, 0.3) is 0 Å². The van der Waals surface area contributed by atoms with Crippen LogP contribution in [-0.2, 0) is 23.3 Å². The third-order valence-corrected chi connectivity index (χ3v) is 8.41. The summed E-state index contributed by atoms with van der Waals surface area (Å²) in [7, 11) is 1.62. The van der Waals surface area contributed by atoms with Gasteiger partial charge in [-0.25, -0.2) is 19.6 Å². The molecule has 0 saturated carbocycles. The number of carboxylic acids is 1. The van der Waals surface area contributed by atoms with E-state index in [-0.39, 0.29) is 6.42 Å². The zero-order valence-electron chi connectivity index (χ0n) is 24.1. The van der Waals surface area contributed by atoms with Gasteiger partial charge in [0.15, 0.2) is 0 Å². The Hall–Kier alpha value is -5.02. The minimum absolute atomic E-state index is 0.0106. The van der Waals surface area contributed by atoms with E-state index in [9.17, 15) is 14.7 Å². The third kappa shape index (κ3) is 6.27. The number of nitrogens with zero attached hydrogens (tertiary/aromatic N) is 4. The summed E-state index contributed by atoms with van der Waals surface area (Å²) in [5.74, 6) is -1.14. The van der Waals surface area contributed by atoms with Crippen molar-refractivity contribution >= 4 is 28.9 Å². The van der Waals surface area contributed by atoms with E-state index in [2.05, 4.69) is 58.3 Å². The molecule has 0 spiro atoms. The molecule has 218 valence electrons. The molecule has 43 heavy (non-hydrogen) atoms. The molecule has 2 heterocycles. The number of benzene rings is 3. The monoisotopic (exact) mass is 591 g/mol. The molecule has 0 aliphatic rings. The quantitative estimate of drug-likeness (QED) is 0.182. The molecule has 0 bridgehead atoms. The Kier molecular flexibility index (Phi) is 8.82. The van der Waals surface area contributed by atoms with Crippen molar-refractivity contribution in [1.82, 2.24) is 24.8 Å². The fourth-order valence-corrected chi connectivity index (χ4v) is 6.08. The summed E-state index contributed by atoms with van der Waals surface area (Å²) in [5.41, 5.74) is 3.70. The third-order valence-electron chi connectivity index (χ3n) is 7.27. The van der Waals surface area contributed by atoms with Crippen LogP contribution in [0.3, 0.4) is 0 Å². The Morgan fingerprint density at radius 3 is 1.95 bits per heavy atom. The molecule has 9 heteroatoms. The van der Waals surface area contributed by atoms with E-state index >= 15 is 0 Å². The predicted molar refractivity (Wildman–Crippen MR) is 169 cm³/mol. The highest BCUT2D eigenvalue weighted by molar-refractivity contribution is 7.12. The smallest absolute Gasteiger partial charge is 0.326 e. The van der Waals surface area contributed by atoms with Crippen LogP contribution in [0.15, 0.2) is 116 Å². The zero-order chi connectivity index (χ0) is 30.4. The first-order chi connectivity index (χ1) is 20.8. The fourth-order valence-electron chi connectivity index (χ4n) is 5.19. The molecule has 0 saturated heterocycles. The first-order valence-corrected chi connectivity index (χ1v) is 14.7. The maximum absolute atomic E-state index is 13.0. The molecule has 0 unspecified atom stereocenters. The maximum atomic E-state index is 13.0. The number of urea groups is 1. The molecule has 2 aromatic heterocycles. The number of rotatable bonds is 11. The molecular formula is C34H33N5O3S. The lowest BCUT2D eigenvalue weighted by molar-refractivity contribution is -0.139. The number of hydrogen-bond donors (Lipinski definition) is 2. The molecule has 2 N–H and O–H groups in total. The summed E-state index contributed by atoms with van der Waals surface area (Å²) in [6, 6.07) is 28.8. The number of allylic oxidation sites excluding steroid dienone is 1. The lowest BCUT2D eigenvalue weighted by Crippen LogP contribution is -2.47. The average molecular weight is 592 g/mol. The Bertz CT molecular complexity index is 1600. The van der Waals surface area contributed by atoms with Crippen molar-refractivity contribution in [2.75, 3.05) is 7.05 Å². The molecule has 0 aliphatic carbocycles. The highest BCUT2D eigenvalue weighted by Crippen LogP contribution is 2.40.